The highest BCUT2D eigenvalue weighted by molar-refractivity contribution is 5.89. The first-order chi connectivity index (χ1) is 7.61. The number of carboxylic acids is 1. The summed E-state index contributed by atoms with van der Waals surface area (Å²) in [6.45, 7) is 0. The molecule has 0 saturated carbocycles. The lowest BCUT2D eigenvalue weighted by Gasteiger charge is -2.00. The Morgan fingerprint density at radius 3 is 2.44 bits per heavy atom. The zero-order valence-electron chi connectivity index (χ0n) is 8.58. The van der Waals surface area contributed by atoms with Gasteiger partial charge in [0.05, 0.1) is 0 Å². The number of carboxylic acid groups (broad SMARTS) is 1. The van der Waals surface area contributed by atoms with E-state index in [1.807, 2.05) is 18.2 Å². The van der Waals surface area contributed by atoms with E-state index in [9.17, 15) is 9.90 Å². The molecule has 0 aliphatic heterocycles. The van der Waals surface area contributed by atoms with Gasteiger partial charge in [0.15, 0.2) is 0 Å². The molecule has 0 radical (unpaired) electrons. The van der Waals surface area contributed by atoms with Gasteiger partial charge in [-0.15, -0.1) is 0 Å². The van der Waals surface area contributed by atoms with Gasteiger partial charge in [-0.3, -0.25) is 4.57 Å². The summed E-state index contributed by atoms with van der Waals surface area (Å²) in [5.41, 5.74) is 0.425. The summed E-state index contributed by atoms with van der Waals surface area (Å²) in [6, 6.07) is 9.09. The second-order valence-corrected chi connectivity index (χ2v) is 3.34. The molecule has 0 saturated heterocycles. The minimum Gasteiger partial charge on any atom is -0.493 e. The molecule has 0 spiro atoms. The van der Waals surface area contributed by atoms with Crippen LogP contribution < -0.4 is 0 Å². The van der Waals surface area contributed by atoms with Gasteiger partial charge >= 0.3 is 5.97 Å². The molecule has 2 rings (SSSR count). The molecule has 0 fully saturated rings. The van der Waals surface area contributed by atoms with Crippen LogP contribution >= 0.6 is 0 Å². The Morgan fingerprint density at radius 1 is 1.31 bits per heavy atom. The largest absolute Gasteiger partial charge is 0.493 e. The molecule has 0 bridgehead atoms. The first-order valence-corrected chi connectivity index (χ1v) is 4.65. The van der Waals surface area contributed by atoms with Crippen molar-refractivity contribution < 1.29 is 15.0 Å². The molecule has 1 aromatic carbocycles. The summed E-state index contributed by atoms with van der Waals surface area (Å²) >= 11 is 0. The summed E-state index contributed by atoms with van der Waals surface area (Å²) in [7, 11) is 1.57. The van der Waals surface area contributed by atoms with Crippen LogP contribution in [0.25, 0.3) is 11.4 Å². The van der Waals surface area contributed by atoms with Gasteiger partial charge in [-0.25, -0.2) is 9.78 Å². The number of aromatic hydroxyl groups is 1. The molecule has 2 aromatic rings. The van der Waals surface area contributed by atoms with E-state index in [1.165, 1.54) is 4.57 Å². The van der Waals surface area contributed by atoms with Crippen LogP contribution in [0.5, 0.6) is 5.88 Å². The molecular weight excluding hydrogens is 208 g/mol. The van der Waals surface area contributed by atoms with E-state index < -0.39 is 5.97 Å². The average Bonchev–Trinajstić information content (AvgIpc) is 2.58. The van der Waals surface area contributed by atoms with E-state index in [0.717, 1.165) is 5.56 Å². The molecule has 0 unspecified atom stereocenters. The highest BCUT2D eigenvalue weighted by Crippen LogP contribution is 2.25. The van der Waals surface area contributed by atoms with Gasteiger partial charge in [-0.2, -0.15) is 0 Å². The number of imidazole rings is 1. The van der Waals surface area contributed by atoms with Gasteiger partial charge in [0.2, 0.25) is 11.6 Å². The molecule has 0 aliphatic carbocycles. The fraction of sp³-hybridized carbons (Fsp3) is 0.0909. The Morgan fingerprint density at radius 2 is 1.94 bits per heavy atom. The Labute approximate surface area is 91.6 Å². The predicted molar refractivity (Wildman–Crippen MR) is 57.3 cm³/mol. The monoisotopic (exact) mass is 218 g/mol. The van der Waals surface area contributed by atoms with Crippen molar-refractivity contribution in [3.63, 3.8) is 0 Å². The number of aromatic nitrogens is 2. The van der Waals surface area contributed by atoms with Gasteiger partial charge in [0, 0.05) is 12.6 Å². The zero-order chi connectivity index (χ0) is 11.7. The third-order valence-electron chi connectivity index (χ3n) is 2.30. The minimum atomic E-state index is -1.24. The van der Waals surface area contributed by atoms with Gasteiger partial charge in [-0.05, 0) is 0 Å². The topological polar surface area (TPSA) is 75.4 Å². The second kappa shape index (κ2) is 3.69. The number of carbonyl (C=O) groups is 1. The molecular formula is C11H10N2O3. The van der Waals surface area contributed by atoms with Crippen molar-refractivity contribution in [3.05, 3.63) is 36.0 Å². The first-order valence-electron chi connectivity index (χ1n) is 4.65. The molecule has 1 aromatic heterocycles. The Bertz CT molecular complexity index is 532. The minimum absolute atomic E-state index is 0.332. The summed E-state index contributed by atoms with van der Waals surface area (Å²) in [5.74, 6) is -1.16. The predicted octanol–water partition coefficient (Wildman–Crippen LogP) is 1.49. The highest BCUT2D eigenvalue weighted by Gasteiger charge is 2.19. The van der Waals surface area contributed by atoms with Crippen LogP contribution in [0, 0.1) is 0 Å². The molecule has 0 aliphatic rings. The standard InChI is InChI=1S/C11H10N2O3/c1-13-9(7-5-3-2-4-6-7)12-8(10(13)14)11(15)16/h2-6,14H,1H3,(H,15,16). The van der Waals surface area contributed by atoms with Crippen LogP contribution in [-0.2, 0) is 7.05 Å². The van der Waals surface area contributed by atoms with E-state index in [-0.39, 0.29) is 11.6 Å². The van der Waals surface area contributed by atoms with E-state index in [1.54, 1.807) is 19.2 Å². The number of hydrogen-bond donors (Lipinski definition) is 2. The molecule has 5 heteroatoms. The third-order valence-corrected chi connectivity index (χ3v) is 2.30. The Kier molecular flexibility index (Phi) is 2.36. The van der Waals surface area contributed by atoms with E-state index in [2.05, 4.69) is 4.98 Å². The van der Waals surface area contributed by atoms with Crippen molar-refractivity contribution in [1.82, 2.24) is 9.55 Å². The second-order valence-electron chi connectivity index (χ2n) is 3.34. The number of rotatable bonds is 2. The summed E-state index contributed by atoms with van der Waals surface area (Å²) in [5, 5.41) is 18.4. The summed E-state index contributed by atoms with van der Waals surface area (Å²) < 4.78 is 1.35. The molecule has 0 amide bonds. The van der Waals surface area contributed by atoms with Crippen LogP contribution in [0.3, 0.4) is 0 Å². The fourth-order valence-electron chi connectivity index (χ4n) is 1.48. The molecule has 2 N–H and O–H groups in total. The van der Waals surface area contributed by atoms with Gasteiger partial charge in [0.25, 0.3) is 0 Å². The molecule has 16 heavy (non-hydrogen) atoms. The lowest BCUT2D eigenvalue weighted by atomic mass is 10.2. The van der Waals surface area contributed by atoms with Gasteiger partial charge in [0.1, 0.15) is 5.82 Å². The molecule has 5 nitrogen and oxygen atoms in total. The summed E-state index contributed by atoms with van der Waals surface area (Å²) in [6.07, 6.45) is 0. The quantitative estimate of drug-likeness (QED) is 0.800. The van der Waals surface area contributed by atoms with Crippen LogP contribution in [-0.4, -0.2) is 25.7 Å². The molecule has 1 heterocycles. The maximum atomic E-state index is 10.8. The van der Waals surface area contributed by atoms with Crippen molar-refractivity contribution >= 4 is 5.97 Å². The van der Waals surface area contributed by atoms with Crippen molar-refractivity contribution in [2.75, 3.05) is 0 Å². The average molecular weight is 218 g/mol. The van der Waals surface area contributed by atoms with Crippen LogP contribution in [0.4, 0.5) is 0 Å². The van der Waals surface area contributed by atoms with Crippen LogP contribution in [0.15, 0.2) is 30.3 Å². The first kappa shape index (κ1) is 10.2. The van der Waals surface area contributed by atoms with Crippen molar-refractivity contribution in [2.45, 2.75) is 0 Å². The van der Waals surface area contributed by atoms with Crippen molar-refractivity contribution in [3.8, 4) is 17.3 Å². The lowest BCUT2D eigenvalue weighted by molar-refractivity contribution is 0.0687. The Balaban J connectivity index is 2.60. The van der Waals surface area contributed by atoms with Gasteiger partial charge < -0.3 is 10.2 Å². The number of benzene rings is 1. The van der Waals surface area contributed by atoms with Gasteiger partial charge in [-0.1, -0.05) is 30.3 Å². The van der Waals surface area contributed by atoms with E-state index in [4.69, 9.17) is 5.11 Å². The highest BCUT2D eigenvalue weighted by atomic mass is 16.4. The SMILES string of the molecule is Cn1c(-c2ccccc2)nc(C(=O)O)c1O. The van der Waals surface area contributed by atoms with Crippen LogP contribution in [0.2, 0.25) is 0 Å². The summed E-state index contributed by atoms with van der Waals surface area (Å²) in [4.78, 5) is 14.7. The number of aromatic carboxylic acids is 1. The molecule has 0 atom stereocenters. The van der Waals surface area contributed by atoms with E-state index >= 15 is 0 Å². The number of nitrogens with zero attached hydrogens (tertiary/aromatic N) is 2. The number of hydrogen-bond acceptors (Lipinski definition) is 3. The lowest BCUT2D eigenvalue weighted by Crippen LogP contribution is -1.96. The Hall–Kier alpha value is -2.30. The normalized spacial score (nSPS) is 10.3. The maximum Gasteiger partial charge on any atom is 0.360 e. The van der Waals surface area contributed by atoms with Crippen LogP contribution in [0.1, 0.15) is 10.5 Å². The molecule has 82 valence electrons. The smallest absolute Gasteiger partial charge is 0.360 e. The van der Waals surface area contributed by atoms with Crippen molar-refractivity contribution in [2.24, 2.45) is 7.05 Å². The zero-order valence-corrected chi connectivity index (χ0v) is 8.58. The fourth-order valence-corrected chi connectivity index (χ4v) is 1.48. The van der Waals surface area contributed by atoms with Crippen molar-refractivity contribution in [1.29, 1.82) is 0 Å². The maximum absolute atomic E-state index is 10.8. The third kappa shape index (κ3) is 1.52. The van der Waals surface area contributed by atoms with E-state index in [0.29, 0.717) is 5.82 Å².